The van der Waals surface area contributed by atoms with E-state index >= 15 is 0 Å². The molecule has 0 aromatic heterocycles. The summed E-state index contributed by atoms with van der Waals surface area (Å²) in [5.41, 5.74) is -1.09. The van der Waals surface area contributed by atoms with Crippen molar-refractivity contribution < 1.29 is 19.1 Å². The lowest BCUT2D eigenvalue weighted by molar-refractivity contribution is -0.151. The fourth-order valence-electron chi connectivity index (χ4n) is 3.38. The Bertz CT molecular complexity index is 676. The third kappa shape index (κ3) is 2.19. The van der Waals surface area contributed by atoms with Gasteiger partial charge in [0.1, 0.15) is 11.4 Å². The molecule has 1 heterocycles. The van der Waals surface area contributed by atoms with Gasteiger partial charge in [0.25, 0.3) is 0 Å². The summed E-state index contributed by atoms with van der Waals surface area (Å²) in [7, 11) is 0. The van der Waals surface area contributed by atoms with E-state index in [-0.39, 0.29) is 18.0 Å². The zero-order valence-electron chi connectivity index (χ0n) is 12.7. The minimum absolute atomic E-state index is 0.0797. The van der Waals surface area contributed by atoms with Gasteiger partial charge in [-0.25, -0.2) is 4.79 Å². The number of hydrogen-bond acceptors (Lipinski definition) is 4. The van der Waals surface area contributed by atoms with Crippen LogP contribution in [-0.2, 0) is 25.5 Å². The van der Waals surface area contributed by atoms with Crippen molar-refractivity contribution in [3.63, 3.8) is 0 Å². The number of Topliss-reactive ketones (excluding diaryl/α,β-unsaturated/α-hetero) is 2. The van der Waals surface area contributed by atoms with Crippen LogP contribution in [0.5, 0.6) is 0 Å². The van der Waals surface area contributed by atoms with Crippen LogP contribution in [0.1, 0.15) is 25.8 Å². The second-order valence-electron chi connectivity index (χ2n) is 6.48. The summed E-state index contributed by atoms with van der Waals surface area (Å²) in [5.74, 6) is -1.28. The van der Waals surface area contributed by atoms with Gasteiger partial charge in [-0.3, -0.25) is 9.59 Å². The number of benzene rings is 1. The van der Waals surface area contributed by atoms with Crippen molar-refractivity contribution in [1.82, 2.24) is 0 Å². The molecule has 0 spiro atoms. The van der Waals surface area contributed by atoms with Crippen molar-refractivity contribution in [1.29, 1.82) is 0 Å². The Labute approximate surface area is 129 Å². The lowest BCUT2D eigenvalue weighted by Gasteiger charge is -2.28. The highest BCUT2D eigenvalue weighted by Gasteiger charge is 2.58. The van der Waals surface area contributed by atoms with E-state index in [2.05, 4.69) is 0 Å². The molecule has 1 aromatic rings. The molecule has 4 heteroatoms. The summed E-state index contributed by atoms with van der Waals surface area (Å²) >= 11 is 0. The number of hydrogen-bond donors (Lipinski definition) is 0. The van der Waals surface area contributed by atoms with Gasteiger partial charge in [-0.2, -0.15) is 0 Å². The minimum Gasteiger partial charge on any atom is -0.451 e. The molecule has 22 heavy (non-hydrogen) atoms. The molecule has 1 aromatic carbocycles. The molecule has 3 atom stereocenters. The Hall–Kier alpha value is -2.23. The Morgan fingerprint density at radius 3 is 2.41 bits per heavy atom. The minimum atomic E-state index is -1.04. The van der Waals surface area contributed by atoms with E-state index in [1.807, 2.05) is 30.3 Å². The molecular weight excluding hydrogens is 280 g/mol. The maximum atomic E-state index is 12.9. The lowest BCUT2D eigenvalue weighted by Crippen LogP contribution is -2.41. The molecule has 1 saturated carbocycles. The highest BCUT2D eigenvalue weighted by Crippen LogP contribution is 2.45. The van der Waals surface area contributed by atoms with Crippen molar-refractivity contribution in [2.24, 2.45) is 11.3 Å². The lowest BCUT2D eigenvalue weighted by atomic mass is 9.77. The number of esters is 1. The van der Waals surface area contributed by atoms with Gasteiger partial charge >= 0.3 is 5.97 Å². The van der Waals surface area contributed by atoms with E-state index in [1.54, 1.807) is 19.9 Å². The van der Waals surface area contributed by atoms with Crippen LogP contribution in [0, 0.1) is 11.3 Å². The topological polar surface area (TPSA) is 60.4 Å². The quantitative estimate of drug-likeness (QED) is 0.634. The van der Waals surface area contributed by atoms with E-state index in [1.165, 1.54) is 6.08 Å². The molecule has 4 nitrogen and oxygen atoms in total. The van der Waals surface area contributed by atoms with Crippen LogP contribution in [0.2, 0.25) is 0 Å². The van der Waals surface area contributed by atoms with Crippen molar-refractivity contribution >= 4 is 17.5 Å². The molecule has 1 fully saturated rings. The predicted molar refractivity (Wildman–Crippen MR) is 80.0 cm³/mol. The third-order valence-electron chi connectivity index (χ3n) is 4.83. The first-order chi connectivity index (χ1) is 10.3. The van der Waals surface area contributed by atoms with Crippen molar-refractivity contribution in [3.8, 4) is 0 Å². The molecule has 2 aliphatic rings. The molecule has 1 aliphatic carbocycles. The van der Waals surface area contributed by atoms with Gasteiger partial charge in [-0.05, 0) is 31.9 Å². The van der Waals surface area contributed by atoms with Gasteiger partial charge in [-0.15, -0.1) is 0 Å². The Morgan fingerprint density at radius 2 is 1.82 bits per heavy atom. The second-order valence-corrected chi connectivity index (χ2v) is 6.48. The first-order valence-electron chi connectivity index (χ1n) is 7.39. The molecule has 0 bridgehead atoms. The molecule has 114 valence electrons. The summed E-state index contributed by atoms with van der Waals surface area (Å²) < 4.78 is 5.27. The van der Waals surface area contributed by atoms with Crippen LogP contribution < -0.4 is 0 Å². The average molecular weight is 298 g/mol. The zero-order valence-corrected chi connectivity index (χ0v) is 12.7. The fraction of sp³-hybridized carbons (Fsp3) is 0.389. The summed E-state index contributed by atoms with van der Waals surface area (Å²) in [5, 5.41) is 0. The van der Waals surface area contributed by atoms with Gasteiger partial charge in [0.15, 0.2) is 5.78 Å². The Morgan fingerprint density at radius 1 is 1.14 bits per heavy atom. The molecule has 0 radical (unpaired) electrons. The Kier molecular flexibility index (Phi) is 3.28. The van der Waals surface area contributed by atoms with E-state index in [0.29, 0.717) is 6.42 Å². The highest BCUT2D eigenvalue weighted by molar-refractivity contribution is 6.14. The molecule has 0 unspecified atom stereocenters. The SMILES string of the molecule is C[C@]1(Cc2ccccc2)C(=O)C[C@H]([C@]2(C)C=CC(=O)O2)C1=O. The van der Waals surface area contributed by atoms with E-state index in [4.69, 9.17) is 4.74 Å². The van der Waals surface area contributed by atoms with Crippen LogP contribution >= 0.6 is 0 Å². The van der Waals surface area contributed by atoms with Gasteiger partial charge < -0.3 is 4.74 Å². The van der Waals surface area contributed by atoms with Crippen LogP contribution in [0.25, 0.3) is 0 Å². The summed E-state index contributed by atoms with van der Waals surface area (Å²) in [6, 6.07) is 9.51. The molecular formula is C18H18O4. The number of carbonyl (C=O) groups excluding carboxylic acids is 3. The van der Waals surface area contributed by atoms with E-state index in [0.717, 1.165) is 5.56 Å². The summed E-state index contributed by atoms with van der Waals surface area (Å²) in [6.45, 7) is 3.40. The molecule has 0 saturated heterocycles. The van der Waals surface area contributed by atoms with Crippen LogP contribution in [0.15, 0.2) is 42.5 Å². The Balaban J connectivity index is 1.88. The van der Waals surface area contributed by atoms with Gasteiger partial charge in [0, 0.05) is 12.5 Å². The maximum absolute atomic E-state index is 12.9. The van der Waals surface area contributed by atoms with Crippen LogP contribution in [0.4, 0.5) is 0 Å². The normalized spacial score (nSPS) is 34.3. The van der Waals surface area contributed by atoms with E-state index < -0.39 is 22.9 Å². The highest BCUT2D eigenvalue weighted by atomic mass is 16.6. The molecule has 1 aliphatic heterocycles. The summed E-state index contributed by atoms with van der Waals surface area (Å²) in [4.78, 5) is 36.8. The maximum Gasteiger partial charge on any atom is 0.331 e. The van der Waals surface area contributed by atoms with Gasteiger partial charge in [0.05, 0.1) is 11.3 Å². The average Bonchev–Trinajstić information content (AvgIpc) is 2.94. The van der Waals surface area contributed by atoms with Gasteiger partial charge in [0.2, 0.25) is 0 Å². The first kappa shape index (κ1) is 14.7. The number of carbonyl (C=O) groups is 3. The fourth-order valence-corrected chi connectivity index (χ4v) is 3.38. The van der Waals surface area contributed by atoms with Crippen LogP contribution in [0.3, 0.4) is 0 Å². The monoisotopic (exact) mass is 298 g/mol. The van der Waals surface area contributed by atoms with Crippen LogP contribution in [-0.4, -0.2) is 23.1 Å². The molecule has 0 amide bonds. The number of rotatable bonds is 3. The van der Waals surface area contributed by atoms with Crippen molar-refractivity contribution in [2.45, 2.75) is 32.3 Å². The first-order valence-corrected chi connectivity index (χ1v) is 7.39. The zero-order chi connectivity index (χ0) is 16.0. The predicted octanol–water partition coefficient (Wildman–Crippen LogP) is 2.27. The van der Waals surface area contributed by atoms with Crippen molar-refractivity contribution in [3.05, 3.63) is 48.0 Å². The largest absolute Gasteiger partial charge is 0.451 e. The number of ketones is 2. The summed E-state index contributed by atoms with van der Waals surface area (Å²) in [6.07, 6.45) is 3.43. The number of ether oxygens (including phenoxy) is 1. The van der Waals surface area contributed by atoms with Crippen molar-refractivity contribution in [2.75, 3.05) is 0 Å². The number of cyclic esters (lactones) is 1. The molecule has 3 rings (SSSR count). The standard InChI is InChI=1S/C18H18O4/c1-17(11-12-6-4-3-5-7-12)14(19)10-13(16(17)21)18(2)9-8-15(20)22-18/h3-9,13H,10-11H2,1-2H3/t13-,17-,18-/m0/s1. The third-order valence-corrected chi connectivity index (χ3v) is 4.83. The second kappa shape index (κ2) is 4.90. The van der Waals surface area contributed by atoms with E-state index in [9.17, 15) is 14.4 Å². The van der Waals surface area contributed by atoms with Gasteiger partial charge in [-0.1, -0.05) is 30.3 Å². The smallest absolute Gasteiger partial charge is 0.331 e. The molecule has 0 N–H and O–H groups in total.